The number of amides is 1. The van der Waals surface area contributed by atoms with Gasteiger partial charge in [-0.3, -0.25) is 9.32 Å². The Morgan fingerprint density at radius 2 is 1.95 bits per heavy atom. The van der Waals surface area contributed by atoms with E-state index in [0.717, 1.165) is 19.3 Å². The summed E-state index contributed by atoms with van der Waals surface area (Å²) in [5.41, 5.74) is 0. The van der Waals surface area contributed by atoms with Crippen LogP contribution in [0.3, 0.4) is 0 Å². The number of carbonyl (C=O) groups is 1. The molecule has 0 aliphatic carbocycles. The van der Waals surface area contributed by atoms with E-state index in [0.29, 0.717) is 11.0 Å². The quantitative estimate of drug-likeness (QED) is 0.271. The molecule has 21 heavy (non-hydrogen) atoms. The predicted molar refractivity (Wildman–Crippen MR) is 81.5 cm³/mol. The molecule has 0 bridgehead atoms. The van der Waals surface area contributed by atoms with Crippen LogP contribution in [0.5, 0.6) is 0 Å². The third-order valence-electron chi connectivity index (χ3n) is 3.36. The molecule has 0 saturated carbocycles. The summed E-state index contributed by atoms with van der Waals surface area (Å²) in [4.78, 5) is 30.5. The van der Waals surface area contributed by atoms with Gasteiger partial charge in [0.25, 0.3) is 0 Å². The van der Waals surface area contributed by atoms with Gasteiger partial charge >= 0.3 is 7.82 Å². The molecule has 1 amide bonds. The molecule has 1 atom stereocenters. The molecule has 0 aliphatic rings. The largest absolute Gasteiger partial charge is 0.469 e. The van der Waals surface area contributed by atoms with Gasteiger partial charge in [0.1, 0.15) is 12.6 Å². The summed E-state index contributed by atoms with van der Waals surface area (Å²) in [7, 11) is 3.16. The summed E-state index contributed by atoms with van der Waals surface area (Å²) in [5, 5.41) is 0. The molecule has 8 heteroatoms. The number of unbranched alkanes of at least 4 members (excludes halogenated alkanes) is 1. The van der Waals surface area contributed by atoms with Gasteiger partial charge in [0.15, 0.2) is 0 Å². The zero-order valence-electron chi connectivity index (χ0n) is 13.4. The van der Waals surface area contributed by atoms with E-state index in [1.807, 2.05) is 21.1 Å². The number of quaternary nitrogens is 1. The molecule has 0 saturated heterocycles. The molecule has 7 nitrogen and oxygen atoms in total. The fraction of sp³-hybridized carbons (Fsp3) is 0.769. The van der Waals surface area contributed by atoms with Crippen LogP contribution in [0.4, 0.5) is 0 Å². The molecule has 0 aromatic rings. The Hall–Kier alpha value is -0.720. The van der Waals surface area contributed by atoms with Gasteiger partial charge < -0.3 is 19.2 Å². The molecule has 0 aliphatic heterocycles. The van der Waals surface area contributed by atoms with Gasteiger partial charge in [0.05, 0.1) is 21.1 Å². The van der Waals surface area contributed by atoms with Crippen LogP contribution in [0.15, 0.2) is 12.7 Å². The Balaban J connectivity index is 4.23. The topological polar surface area (TPSA) is 87.1 Å². The Morgan fingerprint density at radius 3 is 2.38 bits per heavy atom. The van der Waals surface area contributed by atoms with E-state index in [4.69, 9.17) is 9.79 Å². The lowest BCUT2D eigenvalue weighted by Gasteiger charge is -2.34. The van der Waals surface area contributed by atoms with Crippen LogP contribution in [0, 0.1) is 0 Å². The first kappa shape index (κ1) is 20.3. The summed E-state index contributed by atoms with van der Waals surface area (Å²) in [6.07, 6.45) is 3.71. The normalized spacial score (nSPS) is 13.8. The van der Waals surface area contributed by atoms with E-state index in [1.165, 1.54) is 6.08 Å². The van der Waals surface area contributed by atoms with Gasteiger partial charge in [-0.25, -0.2) is 4.57 Å². The molecule has 0 spiro atoms. The number of phosphoric ester groups is 1. The first-order chi connectivity index (χ1) is 9.47. The van der Waals surface area contributed by atoms with Crippen molar-refractivity contribution in [2.45, 2.75) is 25.3 Å². The van der Waals surface area contributed by atoms with E-state index < -0.39 is 7.82 Å². The van der Waals surface area contributed by atoms with Crippen LogP contribution >= 0.6 is 7.82 Å². The van der Waals surface area contributed by atoms with Crippen LogP contribution in [0.2, 0.25) is 0 Å². The third-order valence-corrected chi connectivity index (χ3v) is 3.85. The summed E-state index contributed by atoms with van der Waals surface area (Å²) in [6, 6.07) is -0.0157. The van der Waals surface area contributed by atoms with Crippen molar-refractivity contribution in [2.75, 3.05) is 41.3 Å². The number of phosphoric acid groups is 1. The zero-order valence-corrected chi connectivity index (χ0v) is 14.3. The standard InChI is InChI=1S/C13H27N2O5P/c1-6-13(16)14(2)10-8-7-9-12(15(3,4)5)11-20-21(17,18)19/h6,12H,1,7-11H2,2-5H3,(H-,17,18,19)/p+1. The maximum absolute atomic E-state index is 11.3. The van der Waals surface area contributed by atoms with Gasteiger partial charge in [0, 0.05) is 20.0 Å². The van der Waals surface area contributed by atoms with Gasteiger partial charge in [-0.1, -0.05) is 6.58 Å². The fourth-order valence-electron chi connectivity index (χ4n) is 1.87. The van der Waals surface area contributed by atoms with Crippen LogP contribution in [-0.4, -0.2) is 72.5 Å². The number of rotatable bonds is 10. The molecule has 0 radical (unpaired) electrons. The van der Waals surface area contributed by atoms with Gasteiger partial charge in [-0.05, 0) is 18.9 Å². The monoisotopic (exact) mass is 323 g/mol. The van der Waals surface area contributed by atoms with Crippen LogP contribution < -0.4 is 0 Å². The molecule has 0 rings (SSSR count). The number of likely N-dealkylation sites (N-methyl/N-ethyl adjacent to an activating group) is 2. The highest BCUT2D eigenvalue weighted by atomic mass is 31.2. The lowest BCUT2D eigenvalue weighted by atomic mass is 10.1. The highest BCUT2D eigenvalue weighted by Crippen LogP contribution is 2.36. The Kier molecular flexibility index (Phi) is 8.36. The maximum atomic E-state index is 11.3. The average Bonchev–Trinajstić information content (AvgIpc) is 2.33. The lowest BCUT2D eigenvalue weighted by molar-refractivity contribution is -0.896. The maximum Gasteiger partial charge on any atom is 0.469 e. The molecule has 0 heterocycles. The summed E-state index contributed by atoms with van der Waals surface area (Å²) in [6.45, 7) is 4.08. The second-order valence-corrected chi connectivity index (χ2v) is 7.26. The van der Waals surface area contributed by atoms with Crippen molar-refractivity contribution in [1.82, 2.24) is 4.90 Å². The Bertz CT molecular complexity index is 389. The number of carbonyl (C=O) groups excluding carboxylic acids is 1. The number of hydrogen-bond donors (Lipinski definition) is 2. The molecule has 124 valence electrons. The van der Waals surface area contributed by atoms with E-state index in [-0.39, 0.29) is 18.6 Å². The Morgan fingerprint density at radius 1 is 1.38 bits per heavy atom. The third kappa shape index (κ3) is 9.77. The fourth-order valence-corrected chi connectivity index (χ4v) is 2.24. The minimum Gasteiger partial charge on any atom is -0.342 e. The molecule has 1 unspecified atom stereocenters. The number of nitrogens with zero attached hydrogens (tertiary/aromatic N) is 2. The zero-order chi connectivity index (χ0) is 16.7. The predicted octanol–water partition coefficient (Wildman–Crippen LogP) is 0.985. The highest BCUT2D eigenvalue weighted by Gasteiger charge is 2.27. The van der Waals surface area contributed by atoms with Crippen LogP contribution in [0.25, 0.3) is 0 Å². The first-order valence-corrected chi connectivity index (χ1v) is 8.39. The van der Waals surface area contributed by atoms with Crippen molar-refractivity contribution in [1.29, 1.82) is 0 Å². The summed E-state index contributed by atoms with van der Waals surface area (Å²) in [5.74, 6) is -0.108. The van der Waals surface area contributed by atoms with E-state index in [9.17, 15) is 9.36 Å². The second-order valence-electron chi connectivity index (χ2n) is 6.02. The van der Waals surface area contributed by atoms with Gasteiger partial charge in [-0.15, -0.1) is 0 Å². The molecule has 2 N–H and O–H groups in total. The molecular weight excluding hydrogens is 295 g/mol. The van der Waals surface area contributed by atoms with Crippen LogP contribution in [0.1, 0.15) is 19.3 Å². The number of hydrogen-bond acceptors (Lipinski definition) is 3. The lowest BCUT2D eigenvalue weighted by Crippen LogP contribution is -2.47. The van der Waals surface area contributed by atoms with Crippen molar-refractivity contribution in [2.24, 2.45) is 0 Å². The minimum absolute atomic E-state index is 0.00913. The second kappa shape index (κ2) is 8.66. The van der Waals surface area contributed by atoms with Crippen molar-refractivity contribution in [3.05, 3.63) is 12.7 Å². The van der Waals surface area contributed by atoms with E-state index >= 15 is 0 Å². The molecule has 0 aromatic heterocycles. The van der Waals surface area contributed by atoms with Crippen molar-refractivity contribution < 1.29 is 28.2 Å². The van der Waals surface area contributed by atoms with Gasteiger partial charge in [-0.2, -0.15) is 0 Å². The van der Waals surface area contributed by atoms with Crippen LogP contribution in [-0.2, 0) is 13.9 Å². The Labute approximate surface area is 127 Å². The van der Waals surface area contributed by atoms with E-state index in [2.05, 4.69) is 11.1 Å². The molecular formula is C13H28N2O5P+. The van der Waals surface area contributed by atoms with Crippen molar-refractivity contribution >= 4 is 13.7 Å². The van der Waals surface area contributed by atoms with E-state index in [1.54, 1.807) is 11.9 Å². The van der Waals surface area contributed by atoms with Crippen molar-refractivity contribution in [3.63, 3.8) is 0 Å². The minimum atomic E-state index is -4.44. The van der Waals surface area contributed by atoms with Crippen molar-refractivity contribution in [3.8, 4) is 0 Å². The summed E-state index contributed by atoms with van der Waals surface area (Å²) < 4.78 is 16.0. The molecule has 0 fully saturated rings. The average molecular weight is 323 g/mol. The highest BCUT2D eigenvalue weighted by molar-refractivity contribution is 7.46. The summed E-state index contributed by atoms with van der Waals surface area (Å²) >= 11 is 0. The SMILES string of the molecule is C=CC(=O)N(C)CCCCC(COP(=O)(O)O)[N+](C)(C)C. The smallest absolute Gasteiger partial charge is 0.342 e. The van der Waals surface area contributed by atoms with Gasteiger partial charge in [0.2, 0.25) is 5.91 Å². The molecule has 0 aromatic carbocycles. The first-order valence-electron chi connectivity index (χ1n) is 6.86.